The smallest absolute Gasteiger partial charge is 0.337 e. The molecular formula is C23H19ClN2O2. The highest BCUT2D eigenvalue weighted by Gasteiger charge is 2.17. The summed E-state index contributed by atoms with van der Waals surface area (Å²) < 4.78 is 7.05. The molecule has 2 aromatic heterocycles. The molecule has 0 atom stereocenters. The van der Waals surface area contributed by atoms with Crippen molar-refractivity contribution in [2.24, 2.45) is 0 Å². The van der Waals surface area contributed by atoms with Gasteiger partial charge in [0.25, 0.3) is 0 Å². The number of nitrogens with zero attached hydrogens (tertiary/aromatic N) is 2. The Kier molecular flexibility index (Phi) is 4.88. The van der Waals surface area contributed by atoms with Crippen LogP contribution in [-0.2, 0) is 11.3 Å². The molecule has 28 heavy (non-hydrogen) atoms. The van der Waals surface area contributed by atoms with Crippen LogP contribution in [-0.4, -0.2) is 22.6 Å². The number of aromatic nitrogens is 2. The molecule has 0 aliphatic rings. The van der Waals surface area contributed by atoms with E-state index in [1.54, 1.807) is 18.3 Å². The molecule has 0 saturated heterocycles. The molecule has 0 N–H and O–H groups in total. The summed E-state index contributed by atoms with van der Waals surface area (Å²) in [6.07, 6.45) is 3.65. The molecule has 0 radical (unpaired) electrons. The number of carbonyl (C=O) groups is 1. The SMILES string of the molecule is COC(=O)c1ccc(Cn2c(-c3cccnc3)c(C)c3cc(Cl)ccc32)cc1. The van der Waals surface area contributed by atoms with Gasteiger partial charge in [0.05, 0.1) is 18.4 Å². The minimum absolute atomic E-state index is 0.334. The maximum absolute atomic E-state index is 11.7. The van der Waals surface area contributed by atoms with Crippen molar-refractivity contribution in [1.82, 2.24) is 9.55 Å². The molecule has 0 aliphatic heterocycles. The number of methoxy groups -OCH3 is 1. The normalized spacial score (nSPS) is 11.0. The van der Waals surface area contributed by atoms with Gasteiger partial charge in [-0.05, 0) is 60.5 Å². The maximum atomic E-state index is 11.7. The van der Waals surface area contributed by atoms with Crippen molar-refractivity contribution >= 4 is 28.5 Å². The van der Waals surface area contributed by atoms with E-state index in [2.05, 4.69) is 22.5 Å². The first kappa shape index (κ1) is 18.3. The summed E-state index contributed by atoms with van der Waals surface area (Å²) in [6, 6.07) is 17.5. The van der Waals surface area contributed by atoms with Crippen molar-refractivity contribution < 1.29 is 9.53 Å². The summed E-state index contributed by atoms with van der Waals surface area (Å²) in [5.41, 5.74) is 6.07. The first-order valence-electron chi connectivity index (χ1n) is 8.94. The van der Waals surface area contributed by atoms with Crippen molar-refractivity contribution in [2.45, 2.75) is 13.5 Å². The van der Waals surface area contributed by atoms with Gasteiger partial charge in [0.1, 0.15) is 0 Å². The zero-order valence-corrected chi connectivity index (χ0v) is 16.4. The van der Waals surface area contributed by atoms with Crippen molar-refractivity contribution in [1.29, 1.82) is 0 Å². The van der Waals surface area contributed by atoms with Gasteiger partial charge < -0.3 is 9.30 Å². The molecule has 0 fully saturated rings. The van der Waals surface area contributed by atoms with Crippen molar-refractivity contribution in [3.05, 3.63) is 88.7 Å². The van der Waals surface area contributed by atoms with Crippen molar-refractivity contribution in [3.63, 3.8) is 0 Å². The fraction of sp³-hybridized carbons (Fsp3) is 0.130. The zero-order chi connectivity index (χ0) is 19.7. The highest BCUT2D eigenvalue weighted by molar-refractivity contribution is 6.31. The number of rotatable bonds is 4. The lowest BCUT2D eigenvalue weighted by atomic mass is 10.1. The first-order valence-corrected chi connectivity index (χ1v) is 9.32. The van der Waals surface area contributed by atoms with E-state index in [1.165, 1.54) is 7.11 Å². The minimum atomic E-state index is -0.334. The van der Waals surface area contributed by atoms with Crippen LogP contribution in [0.2, 0.25) is 5.02 Å². The van der Waals surface area contributed by atoms with Gasteiger partial charge in [-0.2, -0.15) is 0 Å². The third-order valence-electron chi connectivity index (χ3n) is 4.93. The van der Waals surface area contributed by atoms with E-state index in [4.69, 9.17) is 16.3 Å². The molecule has 0 amide bonds. The second kappa shape index (κ2) is 7.49. The fourth-order valence-corrected chi connectivity index (χ4v) is 3.75. The van der Waals surface area contributed by atoms with Crippen LogP contribution in [0.1, 0.15) is 21.5 Å². The highest BCUT2D eigenvalue weighted by atomic mass is 35.5. The minimum Gasteiger partial charge on any atom is -0.465 e. The Labute approximate surface area is 168 Å². The van der Waals surface area contributed by atoms with E-state index in [-0.39, 0.29) is 5.97 Å². The van der Waals surface area contributed by atoms with Gasteiger partial charge in [-0.15, -0.1) is 0 Å². The molecule has 0 bridgehead atoms. The summed E-state index contributed by atoms with van der Waals surface area (Å²) in [4.78, 5) is 16.0. The van der Waals surface area contributed by atoms with E-state index < -0.39 is 0 Å². The number of ether oxygens (including phenoxy) is 1. The Hall–Kier alpha value is -3.11. The molecule has 2 aromatic carbocycles. The second-order valence-corrected chi connectivity index (χ2v) is 7.09. The number of fused-ring (bicyclic) bond motifs is 1. The third kappa shape index (κ3) is 3.27. The first-order chi connectivity index (χ1) is 13.6. The van der Waals surface area contributed by atoms with Gasteiger partial charge >= 0.3 is 5.97 Å². The number of hydrogen-bond donors (Lipinski definition) is 0. The Morgan fingerprint density at radius 3 is 2.61 bits per heavy atom. The molecule has 4 aromatic rings. The van der Waals surface area contributed by atoms with Crippen LogP contribution in [0.25, 0.3) is 22.2 Å². The second-order valence-electron chi connectivity index (χ2n) is 6.65. The Morgan fingerprint density at radius 2 is 1.93 bits per heavy atom. The van der Waals surface area contributed by atoms with Crippen LogP contribution in [0.3, 0.4) is 0 Å². The molecule has 5 heteroatoms. The van der Waals surface area contributed by atoms with Crippen LogP contribution in [0.15, 0.2) is 67.0 Å². The van der Waals surface area contributed by atoms with Gasteiger partial charge in [-0.3, -0.25) is 4.98 Å². The Bertz CT molecular complexity index is 1150. The third-order valence-corrected chi connectivity index (χ3v) is 5.16. The molecule has 140 valence electrons. The number of esters is 1. The van der Waals surface area contributed by atoms with E-state index in [0.29, 0.717) is 17.1 Å². The number of carbonyl (C=O) groups excluding carboxylic acids is 1. The van der Waals surface area contributed by atoms with E-state index in [9.17, 15) is 4.79 Å². The Morgan fingerprint density at radius 1 is 1.14 bits per heavy atom. The molecule has 0 unspecified atom stereocenters. The van der Waals surface area contributed by atoms with Crippen LogP contribution in [0.5, 0.6) is 0 Å². The standard InChI is InChI=1S/C23H19ClN2O2/c1-15-20-12-19(24)9-10-21(20)26(22(15)18-4-3-11-25-13-18)14-16-5-7-17(8-6-16)23(27)28-2/h3-13H,14H2,1-2H3. The van der Waals surface area contributed by atoms with Gasteiger partial charge in [0.2, 0.25) is 0 Å². The predicted molar refractivity (Wildman–Crippen MR) is 112 cm³/mol. The van der Waals surface area contributed by atoms with Crippen LogP contribution in [0, 0.1) is 6.92 Å². The molecule has 2 heterocycles. The van der Waals surface area contributed by atoms with Gasteiger partial charge in [0.15, 0.2) is 0 Å². The number of aryl methyl sites for hydroxylation is 1. The monoisotopic (exact) mass is 390 g/mol. The van der Waals surface area contributed by atoms with Crippen molar-refractivity contribution in [2.75, 3.05) is 7.11 Å². The topological polar surface area (TPSA) is 44.1 Å². The lowest BCUT2D eigenvalue weighted by molar-refractivity contribution is 0.0600. The number of halogens is 1. The maximum Gasteiger partial charge on any atom is 0.337 e. The van der Waals surface area contributed by atoms with Crippen molar-refractivity contribution in [3.8, 4) is 11.3 Å². The van der Waals surface area contributed by atoms with Gasteiger partial charge in [0, 0.05) is 40.4 Å². The lowest BCUT2D eigenvalue weighted by Gasteiger charge is -2.12. The zero-order valence-electron chi connectivity index (χ0n) is 15.6. The average Bonchev–Trinajstić information content (AvgIpc) is 2.99. The van der Waals surface area contributed by atoms with Gasteiger partial charge in [-0.25, -0.2) is 4.79 Å². The number of pyridine rings is 1. The molecular weight excluding hydrogens is 372 g/mol. The molecule has 0 aliphatic carbocycles. The van der Waals surface area contributed by atoms with E-state index >= 15 is 0 Å². The van der Waals surface area contributed by atoms with E-state index in [1.807, 2.05) is 42.6 Å². The molecule has 4 nitrogen and oxygen atoms in total. The number of benzene rings is 2. The molecule has 4 rings (SSSR count). The summed E-state index contributed by atoms with van der Waals surface area (Å²) in [6.45, 7) is 2.77. The quantitative estimate of drug-likeness (QED) is 0.432. The lowest BCUT2D eigenvalue weighted by Crippen LogP contribution is -2.04. The summed E-state index contributed by atoms with van der Waals surface area (Å²) >= 11 is 6.25. The average molecular weight is 391 g/mol. The summed E-state index contributed by atoms with van der Waals surface area (Å²) in [7, 11) is 1.39. The van der Waals surface area contributed by atoms with Crippen LogP contribution >= 0.6 is 11.6 Å². The number of hydrogen-bond acceptors (Lipinski definition) is 3. The molecule has 0 spiro atoms. The summed E-state index contributed by atoms with van der Waals surface area (Å²) in [5.74, 6) is -0.334. The van der Waals surface area contributed by atoms with E-state index in [0.717, 1.165) is 33.3 Å². The van der Waals surface area contributed by atoms with Gasteiger partial charge in [-0.1, -0.05) is 23.7 Å². The highest BCUT2D eigenvalue weighted by Crippen LogP contribution is 2.35. The summed E-state index contributed by atoms with van der Waals surface area (Å²) in [5, 5.41) is 1.84. The van der Waals surface area contributed by atoms with Crippen LogP contribution in [0.4, 0.5) is 0 Å². The predicted octanol–water partition coefficient (Wildman–Crippen LogP) is 5.50. The van der Waals surface area contributed by atoms with Crippen LogP contribution < -0.4 is 0 Å². The largest absolute Gasteiger partial charge is 0.465 e. The Balaban J connectivity index is 1.84. The fourth-order valence-electron chi connectivity index (χ4n) is 3.58. The molecule has 0 saturated carbocycles.